The van der Waals surface area contributed by atoms with Crippen LogP contribution in [0, 0.1) is 11.3 Å². The standard InChI is InChI=1S/C25H36ClN3O2/c1-2-27-10-7-20-16-21(28-12-14-31-15-13-28)6-9-25(20,18-27)24(30)29-11-8-22-19(17-29)4-3-5-23(22)26/h3-5,20-21H,2,6-18H2,1H3/t20-,21+,25-/m1/s1. The van der Waals surface area contributed by atoms with Crippen LogP contribution in [0.15, 0.2) is 18.2 Å². The van der Waals surface area contributed by atoms with Crippen molar-refractivity contribution < 1.29 is 9.53 Å². The zero-order valence-electron chi connectivity index (χ0n) is 18.8. The number of likely N-dealkylation sites (tertiary alicyclic amines) is 1. The number of nitrogens with zero attached hydrogens (tertiary/aromatic N) is 3. The van der Waals surface area contributed by atoms with Gasteiger partial charge in [0.2, 0.25) is 5.91 Å². The van der Waals surface area contributed by atoms with E-state index in [1.54, 1.807) is 0 Å². The third-order valence-electron chi connectivity index (χ3n) is 8.49. The first kappa shape index (κ1) is 21.7. The van der Waals surface area contributed by atoms with E-state index < -0.39 is 0 Å². The quantitative estimate of drug-likeness (QED) is 0.714. The Morgan fingerprint density at radius 1 is 1.19 bits per heavy atom. The number of ether oxygens (including phenoxy) is 1. The van der Waals surface area contributed by atoms with Gasteiger partial charge in [0, 0.05) is 43.8 Å². The highest BCUT2D eigenvalue weighted by Gasteiger charge is 2.53. The van der Waals surface area contributed by atoms with Gasteiger partial charge in [-0.2, -0.15) is 0 Å². The number of morpholine rings is 1. The molecule has 2 saturated heterocycles. The summed E-state index contributed by atoms with van der Waals surface area (Å²) in [6, 6.07) is 6.75. The molecule has 0 unspecified atom stereocenters. The fraction of sp³-hybridized carbons (Fsp3) is 0.720. The summed E-state index contributed by atoms with van der Waals surface area (Å²) in [5.74, 6) is 0.895. The van der Waals surface area contributed by atoms with Crippen molar-refractivity contribution in [3.05, 3.63) is 34.3 Å². The van der Waals surface area contributed by atoms with E-state index >= 15 is 0 Å². The molecule has 0 bridgehead atoms. The van der Waals surface area contributed by atoms with Crippen LogP contribution in [0.5, 0.6) is 0 Å². The van der Waals surface area contributed by atoms with Crippen LogP contribution in [0.3, 0.4) is 0 Å². The minimum absolute atomic E-state index is 0.215. The van der Waals surface area contributed by atoms with Crippen molar-refractivity contribution >= 4 is 17.5 Å². The average molecular weight is 446 g/mol. The van der Waals surface area contributed by atoms with Gasteiger partial charge in [-0.1, -0.05) is 30.7 Å². The van der Waals surface area contributed by atoms with Gasteiger partial charge in [0.15, 0.2) is 0 Å². The van der Waals surface area contributed by atoms with Crippen LogP contribution in [0.1, 0.15) is 43.7 Å². The van der Waals surface area contributed by atoms with Gasteiger partial charge in [-0.25, -0.2) is 0 Å². The van der Waals surface area contributed by atoms with E-state index in [0.717, 1.165) is 83.2 Å². The lowest BCUT2D eigenvalue weighted by atomic mass is 9.60. The number of rotatable bonds is 3. The Morgan fingerprint density at radius 3 is 2.84 bits per heavy atom. The van der Waals surface area contributed by atoms with Crippen LogP contribution in [0.2, 0.25) is 5.02 Å². The first-order valence-corrected chi connectivity index (χ1v) is 12.6. The number of halogens is 1. The summed E-state index contributed by atoms with van der Waals surface area (Å²) < 4.78 is 5.58. The molecule has 1 amide bonds. The van der Waals surface area contributed by atoms with E-state index in [0.29, 0.717) is 24.4 Å². The second-order valence-corrected chi connectivity index (χ2v) is 10.3. The van der Waals surface area contributed by atoms with Crippen LogP contribution in [-0.4, -0.2) is 79.1 Å². The normalized spacial score (nSPS) is 32.4. The number of hydrogen-bond acceptors (Lipinski definition) is 4. The predicted molar refractivity (Wildman–Crippen MR) is 123 cm³/mol. The summed E-state index contributed by atoms with van der Waals surface area (Å²) in [6.07, 6.45) is 5.34. The number of fused-ring (bicyclic) bond motifs is 2. The van der Waals surface area contributed by atoms with Crippen LogP contribution in [0.25, 0.3) is 0 Å². The Morgan fingerprint density at radius 2 is 2.03 bits per heavy atom. The van der Waals surface area contributed by atoms with Gasteiger partial charge in [-0.15, -0.1) is 0 Å². The predicted octanol–water partition coefficient (Wildman–Crippen LogP) is 3.44. The highest BCUT2D eigenvalue weighted by atomic mass is 35.5. The minimum atomic E-state index is -0.215. The van der Waals surface area contributed by atoms with Crippen LogP contribution < -0.4 is 0 Å². The molecule has 5 rings (SSSR count). The van der Waals surface area contributed by atoms with Crippen LogP contribution in [0.4, 0.5) is 0 Å². The molecule has 5 nitrogen and oxygen atoms in total. The molecule has 170 valence electrons. The van der Waals surface area contributed by atoms with Gasteiger partial charge >= 0.3 is 0 Å². The number of amides is 1. The highest BCUT2D eigenvalue weighted by Crippen LogP contribution is 2.49. The molecule has 3 atom stereocenters. The SMILES string of the molecule is CCN1CC[C@@H]2C[C@@H](N3CCOCC3)CC[C@@]2(C(=O)N2CCc3c(Cl)cccc3C2)C1. The second-order valence-electron chi connectivity index (χ2n) is 9.94. The van der Waals surface area contributed by atoms with Crippen molar-refractivity contribution in [1.29, 1.82) is 0 Å². The molecule has 4 aliphatic rings. The van der Waals surface area contributed by atoms with Gasteiger partial charge in [0.1, 0.15) is 0 Å². The van der Waals surface area contributed by atoms with Gasteiger partial charge in [-0.3, -0.25) is 9.69 Å². The van der Waals surface area contributed by atoms with E-state index in [-0.39, 0.29) is 5.41 Å². The molecular weight excluding hydrogens is 410 g/mol. The summed E-state index contributed by atoms with van der Waals surface area (Å²) in [5.41, 5.74) is 2.25. The average Bonchev–Trinajstić information content (AvgIpc) is 2.83. The number of piperidine rings is 1. The zero-order chi connectivity index (χ0) is 21.4. The van der Waals surface area contributed by atoms with E-state index in [4.69, 9.17) is 16.3 Å². The third kappa shape index (κ3) is 4.03. The van der Waals surface area contributed by atoms with Crippen molar-refractivity contribution in [3.63, 3.8) is 0 Å². The molecule has 3 heterocycles. The Balaban J connectivity index is 1.37. The van der Waals surface area contributed by atoms with Crippen molar-refractivity contribution in [2.45, 2.75) is 51.6 Å². The smallest absolute Gasteiger partial charge is 0.230 e. The van der Waals surface area contributed by atoms with Gasteiger partial charge in [0.25, 0.3) is 0 Å². The monoisotopic (exact) mass is 445 g/mol. The number of hydrogen-bond donors (Lipinski definition) is 0. The lowest BCUT2D eigenvalue weighted by Crippen LogP contribution is -2.61. The number of carbonyl (C=O) groups excluding carboxylic acids is 1. The maximum atomic E-state index is 14.2. The summed E-state index contributed by atoms with van der Waals surface area (Å²) in [7, 11) is 0. The molecule has 1 saturated carbocycles. The summed E-state index contributed by atoms with van der Waals surface area (Å²) in [6.45, 7) is 10.6. The molecule has 1 aliphatic carbocycles. The molecule has 0 spiro atoms. The molecule has 0 aromatic heterocycles. The number of benzene rings is 1. The van der Waals surface area contributed by atoms with Gasteiger partial charge in [0.05, 0.1) is 18.6 Å². The summed E-state index contributed by atoms with van der Waals surface area (Å²) in [4.78, 5) is 21.5. The first-order valence-electron chi connectivity index (χ1n) is 12.2. The van der Waals surface area contributed by atoms with Crippen molar-refractivity contribution in [1.82, 2.24) is 14.7 Å². The Hall–Kier alpha value is -1.14. The largest absolute Gasteiger partial charge is 0.379 e. The van der Waals surface area contributed by atoms with Gasteiger partial charge in [-0.05, 0) is 68.3 Å². The topological polar surface area (TPSA) is 36.0 Å². The highest BCUT2D eigenvalue weighted by molar-refractivity contribution is 6.31. The fourth-order valence-corrected chi connectivity index (χ4v) is 6.95. The first-order chi connectivity index (χ1) is 15.1. The molecule has 31 heavy (non-hydrogen) atoms. The van der Waals surface area contributed by atoms with Crippen molar-refractivity contribution in [2.24, 2.45) is 11.3 Å². The molecule has 6 heteroatoms. The molecule has 3 fully saturated rings. The Labute approximate surface area is 191 Å². The minimum Gasteiger partial charge on any atom is -0.379 e. The lowest BCUT2D eigenvalue weighted by Gasteiger charge is -2.54. The zero-order valence-corrected chi connectivity index (χ0v) is 19.6. The Bertz CT molecular complexity index is 812. The van der Waals surface area contributed by atoms with E-state index in [1.165, 1.54) is 17.5 Å². The van der Waals surface area contributed by atoms with E-state index in [9.17, 15) is 4.79 Å². The number of carbonyl (C=O) groups is 1. The lowest BCUT2D eigenvalue weighted by molar-refractivity contribution is -0.157. The summed E-state index contributed by atoms with van der Waals surface area (Å²) in [5, 5.41) is 0.849. The van der Waals surface area contributed by atoms with Crippen LogP contribution >= 0.6 is 11.6 Å². The van der Waals surface area contributed by atoms with E-state index in [1.807, 2.05) is 12.1 Å². The maximum absolute atomic E-state index is 14.2. The summed E-state index contributed by atoms with van der Waals surface area (Å²) >= 11 is 6.43. The molecule has 0 radical (unpaired) electrons. The maximum Gasteiger partial charge on any atom is 0.230 e. The van der Waals surface area contributed by atoms with Crippen LogP contribution in [-0.2, 0) is 22.5 Å². The molecule has 3 aliphatic heterocycles. The fourth-order valence-electron chi connectivity index (χ4n) is 6.66. The van der Waals surface area contributed by atoms with E-state index in [2.05, 4.69) is 27.7 Å². The van der Waals surface area contributed by atoms with Gasteiger partial charge < -0.3 is 14.5 Å². The Kier molecular flexibility index (Phi) is 6.31. The van der Waals surface area contributed by atoms with Crippen molar-refractivity contribution in [3.8, 4) is 0 Å². The molecule has 1 aromatic rings. The second kappa shape index (κ2) is 9.01. The molecule has 0 N–H and O–H groups in total. The van der Waals surface area contributed by atoms with Crippen molar-refractivity contribution in [2.75, 3.05) is 52.5 Å². The molecule has 1 aromatic carbocycles. The third-order valence-corrected chi connectivity index (χ3v) is 8.85. The molecular formula is C25H36ClN3O2.